The Bertz CT molecular complexity index is 1400. The maximum absolute atomic E-state index is 11.6. The summed E-state index contributed by atoms with van der Waals surface area (Å²) in [6.45, 7) is -4.89. The van der Waals surface area contributed by atoms with Crippen molar-refractivity contribution < 1.29 is 143 Å². The van der Waals surface area contributed by atoms with E-state index in [1.165, 1.54) is 0 Å². The first kappa shape index (κ1) is 51.1. The molecule has 30 heteroatoms. The zero-order valence-electron chi connectivity index (χ0n) is 31.9. The number of ether oxygens (including phenoxy) is 10. The Kier molecular flexibility index (Phi) is 18.1. The van der Waals surface area contributed by atoms with Crippen molar-refractivity contribution in [3.8, 4) is 0 Å². The number of hydrogen-bond acceptors (Lipinski definition) is 27. The maximum Gasteiger partial charge on any atom is 0.469 e. The molecule has 5 rings (SSSR count). The van der Waals surface area contributed by atoms with E-state index in [4.69, 9.17) is 47.4 Å². The summed E-state index contributed by atoms with van der Waals surface area (Å²) in [6.07, 6.45) is -48.1. The zero-order chi connectivity index (χ0) is 45.2. The van der Waals surface area contributed by atoms with E-state index in [1.54, 1.807) is 0 Å². The average molecular weight is 923 g/mol. The Labute approximate surface area is 344 Å². The highest BCUT2D eigenvalue weighted by molar-refractivity contribution is 7.46. The van der Waals surface area contributed by atoms with E-state index >= 15 is 0 Å². The fourth-order valence-electron chi connectivity index (χ4n) is 7.35. The molecular weight excluding hydrogens is 867 g/mol. The van der Waals surface area contributed by atoms with Crippen LogP contribution in [0.3, 0.4) is 0 Å². The van der Waals surface area contributed by atoms with Gasteiger partial charge in [-0.05, 0) is 0 Å². The monoisotopic (exact) mass is 922 g/mol. The molecule has 0 aliphatic carbocycles. The summed E-state index contributed by atoms with van der Waals surface area (Å²) in [5, 5.41) is 159. The highest BCUT2D eigenvalue weighted by Gasteiger charge is 2.57. The van der Waals surface area contributed by atoms with Crippen molar-refractivity contribution in [1.82, 2.24) is 0 Å². The number of hydrogen-bond donors (Lipinski definition) is 17. The molecule has 0 amide bonds. The molecule has 0 bridgehead atoms. The minimum Gasteiger partial charge on any atom is -0.394 e. The van der Waals surface area contributed by atoms with Gasteiger partial charge in [0.05, 0.1) is 33.0 Å². The summed E-state index contributed by atoms with van der Waals surface area (Å²) in [6, 6.07) is 0. The molecule has 0 saturated carbocycles. The molecule has 61 heavy (non-hydrogen) atoms. The van der Waals surface area contributed by atoms with Gasteiger partial charge in [-0.15, -0.1) is 0 Å². The van der Waals surface area contributed by atoms with E-state index in [0.717, 1.165) is 7.11 Å². The van der Waals surface area contributed by atoms with Crippen molar-refractivity contribution >= 4 is 7.82 Å². The van der Waals surface area contributed by atoms with Crippen LogP contribution >= 0.6 is 7.82 Å². The van der Waals surface area contributed by atoms with Crippen LogP contribution in [-0.2, 0) is 56.5 Å². The first-order valence-electron chi connectivity index (χ1n) is 18.8. The molecule has 0 aromatic rings. The molecule has 0 spiro atoms. The third-order valence-electron chi connectivity index (χ3n) is 10.8. The van der Waals surface area contributed by atoms with E-state index in [9.17, 15) is 90.9 Å². The van der Waals surface area contributed by atoms with Crippen molar-refractivity contribution in [1.29, 1.82) is 0 Å². The van der Waals surface area contributed by atoms with Crippen molar-refractivity contribution in [3.63, 3.8) is 0 Å². The van der Waals surface area contributed by atoms with E-state index < -0.39 is 194 Å². The van der Waals surface area contributed by atoms with Crippen molar-refractivity contribution in [3.05, 3.63) is 0 Å². The molecule has 358 valence electrons. The molecule has 0 unspecified atom stereocenters. The average Bonchev–Trinajstić information content (AvgIpc) is 3.22. The Hall–Kier alpha value is -0.890. The van der Waals surface area contributed by atoms with Gasteiger partial charge in [-0.2, -0.15) is 0 Å². The molecule has 5 heterocycles. The predicted octanol–water partition coefficient (Wildman–Crippen LogP) is -11.2. The predicted molar refractivity (Wildman–Crippen MR) is 182 cm³/mol. The first-order chi connectivity index (χ1) is 28.7. The standard InChI is InChI=1S/C31H55O29P/c1-50-27-19(43)17(41)23(10(5-35)55-27)57-31-22(46)26(15(39)11(56-31)6-51-61(47,48)49)60-30-21(45)25(14(38)9(4-34)54-30)59-29-20(44)24(13(37)8(3-33)53-29)58-28-18(42)16(40)12(36)7(2-32)52-28/h7-46H,2-6H2,1H3,(H2,47,48,49)/t7-,8-,9-,10-,11-,12+,13+,14+,15+,16+,17-,18-,19+,20-,21-,22-,23-,24+,25+,26+,27+,28+,29+,30+,31+/m1/s1. The summed E-state index contributed by atoms with van der Waals surface area (Å²) < 4.78 is 70.7. The molecule has 0 aromatic carbocycles. The highest BCUT2D eigenvalue weighted by Crippen LogP contribution is 2.39. The molecule has 5 saturated heterocycles. The second-order valence-electron chi connectivity index (χ2n) is 14.8. The Morgan fingerprint density at radius 2 is 0.721 bits per heavy atom. The van der Waals surface area contributed by atoms with Crippen LogP contribution in [0.1, 0.15) is 0 Å². The van der Waals surface area contributed by atoms with E-state index in [-0.39, 0.29) is 0 Å². The molecule has 5 aliphatic rings. The summed E-state index contributed by atoms with van der Waals surface area (Å²) >= 11 is 0. The van der Waals surface area contributed by atoms with Crippen molar-refractivity contribution in [2.45, 2.75) is 154 Å². The molecule has 0 radical (unpaired) electrons. The lowest BCUT2D eigenvalue weighted by molar-refractivity contribution is -0.395. The lowest BCUT2D eigenvalue weighted by Gasteiger charge is -2.49. The topological polar surface area (TPSA) is 463 Å². The van der Waals surface area contributed by atoms with Crippen molar-refractivity contribution in [2.75, 3.05) is 40.1 Å². The van der Waals surface area contributed by atoms with Gasteiger partial charge < -0.3 is 134 Å². The Morgan fingerprint density at radius 1 is 0.393 bits per heavy atom. The third-order valence-corrected chi connectivity index (χ3v) is 11.2. The molecule has 5 fully saturated rings. The van der Waals surface area contributed by atoms with E-state index in [1.807, 2.05) is 0 Å². The van der Waals surface area contributed by atoms with Gasteiger partial charge in [0.15, 0.2) is 31.5 Å². The zero-order valence-corrected chi connectivity index (χ0v) is 32.8. The van der Waals surface area contributed by atoms with Gasteiger partial charge in [0.2, 0.25) is 0 Å². The van der Waals surface area contributed by atoms with Gasteiger partial charge in [0.25, 0.3) is 0 Å². The van der Waals surface area contributed by atoms with Gasteiger partial charge in [-0.25, -0.2) is 4.57 Å². The molecule has 29 nitrogen and oxygen atoms in total. The van der Waals surface area contributed by atoms with Crippen LogP contribution < -0.4 is 0 Å². The summed E-state index contributed by atoms with van der Waals surface area (Å²) in [7, 11) is -4.14. The fraction of sp³-hybridized carbons (Fsp3) is 1.00. The smallest absolute Gasteiger partial charge is 0.394 e. The maximum atomic E-state index is 11.6. The summed E-state index contributed by atoms with van der Waals surface area (Å²) in [5.41, 5.74) is 0. The van der Waals surface area contributed by atoms with Crippen LogP contribution in [0.4, 0.5) is 0 Å². The van der Waals surface area contributed by atoms with Crippen LogP contribution in [0.15, 0.2) is 0 Å². The van der Waals surface area contributed by atoms with Crippen LogP contribution in [0.5, 0.6) is 0 Å². The summed E-state index contributed by atoms with van der Waals surface area (Å²) in [5.74, 6) is 0. The molecule has 0 aromatic heterocycles. The number of rotatable bonds is 16. The summed E-state index contributed by atoms with van der Waals surface area (Å²) in [4.78, 5) is 18.6. The van der Waals surface area contributed by atoms with Crippen LogP contribution in [-0.4, -0.2) is 280 Å². The number of phosphoric acid groups is 1. The molecule has 17 N–H and O–H groups in total. The number of methoxy groups -OCH3 is 1. The van der Waals surface area contributed by atoms with E-state index in [0.29, 0.717) is 0 Å². The minimum absolute atomic E-state index is 0.864. The van der Waals surface area contributed by atoms with Crippen molar-refractivity contribution in [2.24, 2.45) is 0 Å². The van der Waals surface area contributed by atoms with Crippen LogP contribution in [0.2, 0.25) is 0 Å². The SMILES string of the molecule is CO[C@H]1O[C@H](CO)[C@@H](O[C@@H]2O[C@H](COP(=O)(O)O)[C@H](O)[C@H](O[C@@H]3O[C@H](CO)[C@H](O)[C@H](O[C@@H]4O[C@H](CO)[C@H](O)[C@H](O[C@@H]5O[C@H](CO)[C@H](O)[C@H](O)[C@H]5O)[C@H]4O)[C@H]3O)[C@H]2O)[C@H](O)[C@@H]1O. The van der Waals surface area contributed by atoms with Gasteiger partial charge in [-0.3, -0.25) is 4.52 Å². The number of aliphatic hydroxyl groups excluding tert-OH is 15. The number of aliphatic hydroxyl groups is 15. The third kappa shape index (κ3) is 11.2. The Morgan fingerprint density at radius 3 is 1.11 bits per heavy atom. The second-order valence-corrected chi connectivity index (χ2v) is 16.0. The molecular formula is C31H55O29P. The van der Waals surface area contributed by atoms with Gasteiger partial charge in [-0.1, -0.05) is 0 Å². The van der Waals surface area contributed by atoms with Crippen LogP contribution in [0, 0.1) is 0 Å². The van der Waals surface area contributed by atoms with E-state index in [2.05, 4.69) is 4.52 Å². The lowest BCUT2D eigenvalue weighted by atomic mass is 9.95. The van der Waals surface area contributed by atoms with Crippen LogP contribution in [0.25, 0.3) is 0 Å². The molecule has 25 atom stereocenters. The minimum atomic E-state index is -5.26. The van der Waals surface area contributed by atoms with Gasteiger partial charge >= 0.3 is 7.82 Å². The first-order valence-corrected chi connectivity index (χ1v) is 20.3. The highest BCUT2D eigenvalue weighted by atomic mass is 31.2. The normalized spacial score (nSPS) is 50.1. The quantitative estimate of drug-likeness (QED) is 0.0639. The lowest BCUT2D eigenvalue weighted by Crippen LogP contribution is -2.68. The number of phosphoric ester groups is 1. The fourth-order valence-corrected chi connectivity index (χ4v) is 7.69. The van der Waals surface area contributed by atoms with Gasteiger partial charge in [0, 0.05) is 7.11 Å². The second kappa shape index (κ2) is 21.6. The van der Waals surface area contributed by atoms with Gasteiger partial charge in [0.1, 0.15) is 122 Å². The molecule has 5 aliphatic heterocycles. The largest absolute Gasteiger partial charge is 0.469 e. The Balaban J connectivity index is 1.37.